The van der Waals surface area contributed by atoms with Gasteiger partial charge in [0.05, 0.1) is 6.61 Å². The van der Waals surface area contributed by atoms with Crippen molar-refractivity contribution in [2.24, 2.45) is 5.92 Å². The first-order chi connectivity index (χ1) is 9.79. The van der Waals surface area contributed by atoms with Crippen LogP contribution in [-0.2, 0) is 6.54 Å². The van der Waals surface area contributed by atoms with Gasteiger partial charge >= 0.3 is 0 Å². The Morgan fingerprint density at radius 2 is 1.95 bits per heavy atom. The van der Waals surface area contributed by atoms with Crippen LogP contribution >= 0.6 is 0 Å². The Kier molecular flexibility index (Phi) is 6.38. The summed E-state index contributed by atoms with van der Waals surface area (Å²) in [4.78, 5) is 0. The molecule has 1 aliphatic rings. The maximum Gasteiger partial charge on any atom is 0.119 e. The summed E-state index contributed by atoms with van der Waals surface area (Å²) in [6.07, 6.45) is 7.87. The van der Waals surface area contributed by atoms with Crippen molar-refractivity contribution in [1.29, 1.82) is 0 Å². The molecule has 1 aliphatic carbocycles. The van der Waals surface area contributed by atoms with Crippen molar-refractivity contribution in [3.05, 3.63) is 29.8 Å². The van der Waals surface area contributed by atoms with Gasteiger partial charge in [-0.2, -0.15) is 0 Å². The van der Waals surface area contributed by atoms with Gasteiger partial charge in [-0.1, -0.05) is 38.3 Å². The summed E-state index contributed by atoms with van der Waals surface area (Å²) in [5, 5.41) is 3.64. The first kappa shape index (κ1) is 15.4. The highest BCUT2D eigenvalue weighted by molar-refractivity contribution is 5.27. The Bertz CT molecular complexity index is 370. The number of ether oxygens (including phenoxy) is 1. The van der Waals surface area contributed by atoms with Crippen LogP contribution in [0.2, 0.25) is 0 Å². The van der Waals surface area contributed by atoms with Gasteiger partial charge in [0.2, 0.25) is 0 Å². The predicted molar refractivity (Wildman–Crippen MR) is 85.1 cm³/mol. The fraction of sp³-hybridized carbons (Fsp3) is 0.667. The summed E-state index contributed by atoms with van der Waals surface area (Å²) < 4.78 is 5.73. The summed E-state index contributed by atoms with van der Waals surface area (Å²) in [6, 6.07) is 9.19. The lowest BCUT2D eigenvalue weighted by molar-refractivity contribution is 0.240. The van der Waals surface area contributed by atoms with E-state index in [4.69, 9.17) is 4.74 Å². The fourth-order valence-corrected chi connectivity index (χ4v) is 2.63. The fourth-order valence-electron chi connectivity index (χ4n) is 2.63. The molecule has 0 amide bonds. The SMILES string of the molecule is CCCCCOc1ccc(CNC(C)C2CCC2)cc1. The van der Waals surface area contributed by atoms with E-state index in [1.807, 2.05) is 0 Å². The zero-order valence-corrected chi connectivity index (χ0v) is 13.0. The normalized spacial score (nSPS) is 16.7. The highest BCUT2D eigenvalue weighted by Gasteiger charge is 2.23. The molecule has 0 radical (unpaired) electrons. The van der Waals surface area contributed by atoms with Crippen LogP contribution in [-0.4, -0.2) is 12.6 Å². The minimum atomic E-state index is 0.647. The molecule has 0 heterocycles. The molecule has 20 heavy (non-hydrogen) atoms. The summed E-state index contributed by atoms with van der Waals surface area (Å²) in [5.74, 6) is 1.90. The third-order valence-corrected chi connectivity index (χ3v) is 4.43. The molecule has 1 atom stereocenters. The van der Waals surface area contributed by atoms with E-state index in [-0.39, 0.29) is 0 Å². The number of rotatable bonds is 9. The van der Waals surface area contributed by atoms with E-state index in [1.165, 1.54) is 37.7 Å². The van der Waals surface area contributed by atoms with Crippen molar-refractivity contribution in [2.75, 3.05) is 6.61 Å². The van der Waals surface area contributed by atoms with Gasteiger partial charge in [0.1, 0.15) is 5.75 Å². The maximum atomic E-state index is 5.73. The topological polar surface area (TPSA) is 21.3 Å². The monoisotopic (exact) mass is 275 g/mol. The first-order valence-electron chi connectivity index (χ1n) is 8.24. The van der Waals surface area contributed by atoms with E-state index in [0.717, 1.165) is 31.2 Å². The van der Waals surface area contributed by atoms with E-state index in [2.05, 4.69) is 43.4 Å². The second-order valence-electron chi connectivity index (χ2n) is 6.06. The van der Waals surface area contributed by atoms with E-state index >= 15 is 0 Å². The average Bonchev–Trinajstić information content (AvgIpc) is 2.41. The quantitative estimate of drug-likeness (QED) is 0.668. The molecule has 0 saturated heterocycles. The van der Waals surface area contributed by atoms with Crippen molar-refractivity contribution in [3.63, 3.8) is 0 Å². The molecule has 2 nitrogen and oxygen atoms in total. The van der Waals surface area contributed by atoms with Gasteiger partial charge in [-0.25, -0.2) is 0 Å². The van der Waals surface area contributed by atoms with Gasteiger partial charge in [-0.3, -0.25) is 0 Å². The second-order valence-corrected chi connectivity index (χ2v) is 6.06. The molecule has 1 N–H and O–H groups in total. The molecule has 112 valence electrons. The van der Waals surface area contributed by atoms with Gasteiger partial charge in [0, 0.05) is 12.6 Å². The molecule has 1 fully saturated rings. The summed E-state index contributed by atoms with van der Waals surface area (Å²) in [6.45, 7) is 6.33. The van der Waals surface area contributed by atoms with Crippen LogP contribution in [0.1, 0.15) is 57.9 Å². The van der Waals surface area contributed by atoms with Gasteiger partial charge < -0.3 is 10.1 Å². The highest BCUT2D eigenvalue weighted by atomic mass is 16.5. The van der Waals surface area contributed by atoms with Crippen molar-refractivity contribution < 1.29 is 4.74 Å². The van der Waals surface area contributed by atoms with Crippen LogP contribution in [0.25, 0.3) is 0 Å². The zero-order valence-electron chi connectivity index (χ0n) is 13.0. The maximum absolute atomic E-state index is 5.73. The van der Waals surface area contributed by atoms with E-state index in [1.54, 1.807) is 0 Å². The first-order valence-corrected chi connectivity index (χ1v) is 8.24. The smallest absolute Gasteiger partial charge is 0.119 e. The zero-order chi connectivity index (χ0) is 14.2. The minimum Gasteiger partial charge on any atom is -0.494 e. The lowest BCUT2D eigenvalue weighted by Crippen LogP contribution is -2.36. The van der Waals surface area contributed by atoms with Crippen LogP contribution in [0.3, 0.4) is 0 Å². The summed E-state index contributed by atoms with van der Waals surface area (Å²) >= 11 is 0. The third kappa shape index (κ3) is 4.82. The molecule has 0 aliphatic heterocycles. The van der Waals surface area contributed by atoms with Gasteiger partial charge in [0.15, 0.2) is 0 Å². The Balaban J connectivity index is 1.68. The Labute approximate surface area is 123 Å². The van der Waals surface area contributed by atoms with E-state index < -0.39 is 0 Å². The average molecular weight is 275 g/mol. The molecule has 0 spiro atoms. The van der Waals surface area contributed by atoms with Crippen molar-refractivity contribution >= 4 is 0 Å². The molecule has 2 rings (SSSR count). The molecular weight excluding hydrogens is 246 g/mol. The number of hydrogen-bond acceptors (Lipinski definition) is 2. The molecular formula is C18H29NO. The van der Waals surface area contributed by atoms with Crippen LogP contribution in [0, 0.1) is 5.92 Å². The predicted octanol–water partition coefficient (Wildman–Crippen LogP) is 4.53. The van der Waals surface area contributed by atoms with Gasteiger partial charge in [0.25, 0.3) is 0 Å². The largest absolute Gasteiger partial charge is 0.494 e. The Morgan fingerprint density at radius 3 is 2.55 bits per heavy atom. The molecule has 2 heteroatoms. The van der Waals surface area contributed by atoms with Crippen LogP contribution in [0.4, 0.5) is 0 Å². The standard InChI is InChI=1S/C18H29NO/c1-3-4-5-13-20-18-11-9-16(10-12-18)14-19-15(2)17-7-6-8-17/h9-12,15,17,19H,3-8,13-14H2,1-2H3. The number of benzene rings is 1. The van der Waals surface area contributed by atoms with Crippen molar-refractivity contribution in [2.45, 2.75) is 65.0 Å². The van der Waals surface area contributed by atoms with E-state index in [0.29, 0.717) is 6.04 Å². The molecule has 1 saturated carbocycles. The van der Waals surface area contributed by atoms with Gasteiger partial charge in [-0.15, -0.1) is 0 Å². The van der Waals surface area contributed by atoms with Crippen molar-refractivity contribution in [1.82, 2.24) is 5.32 Å². The summed E-state index contributed by atoms with van der Waals surface area (Å²) in [5.41, 5.74) is 1.34. The van der Waals surface area contributed by atoms with Gasteiger partial charge in [-0.05, 0) is 49.8 Å². The molecule has 0 bridgehead atoms. The number of unbranched alkanes of at least 4 members (excludes halogenated alkanes) is 2. The lowest BCUT2D eigenvalue weighted by Gasteiger charge is -2.32. The van der Waals surface area contributed by atoms with Crippen LogP contribution in [0.5, 0.6) is 5.75 Å². The lowest BCUT2D eigenvalue weighted by atomic mass is 9.80. The second kappa shape index (κ2) is 8.31. The Hall–Kier alpha value is -1.02. The molecule has 0 aromatic heterocycles. The van der Waals surface area contributed by atoms with Crippen molar-refractivity contribution in [3.8, 4) is 5.75 Å². The van der Waals surface area contributed by atoms with Crippen LogP contribution in [0.15, 0.2) is 24.3 Å². The Morgan fingerprint density at radius 1 is 1.20 bits per heavy atom. The molecule has 1 aromatic carbocycles. The third-order valence-electron chi connectivity index (χ3n) is 4.43. The summed E-state index contributed by atoms with van der Waals surface area (Å²) in [7, 11) is 0. The van der Waals surface area contributed by atoms with E-state index in [9.17, 15) is 0 Å². The number of nitrogens with one attached hydrogen (secondary N) is 1. The number of hydrogen-bond donors (Lipinski definition) is 1. The van der Waals surface area contributed by atoms with Crippen LogP contribution < -0.4 is 10.1 Å². The molecule has 1 unspecified atom stereocenters. The highest BCUT2D eigenvalue weighted by Crippen LogP contribution is 2.29. The molecule has 1 aromatic rings. The minimum absolute atomic E-state index is 0.647.